The van der Waals surface area contributed by atoms with Crippen molar-refractivity contribution in [1.82, 2.24) is 5.32 Å². The van der Waals surface area contributed by atoms with Gasteiger partial charge in [-0.3, -0.25) is 0 Å². The second-order valence-electron chi connectivity index (χ2n) is 5.32. The summed E-state index contributed by atoms with van der Waals surface area (Å²) in [5, 5.41) is 7.45. The highest BCUT2D eigenvalue weighted by Gasteiger charge is 2.27. The lowest BCUT2D eigenvalue weighted by Gasteiger charge is -2.30. The smallest absolute Gasteiger partial charge is 0.0649 e. The first-order valence-corrected chi connectivity index (χ1v) is 9.03. The number of hydrogen-bond donors (Lipinski definition) is 1. The zero-order chi connectivity index (χ0) is 14.1. The Morgan fingerprint density at radius 1 is 1.35 bits per heavy atom. The fourth-order valence-corrected chi connectivity index (χ4v) is 5.45. The minimum absolute atomic E-state index is 0.307. The minimum atomic E-state index is 0.307. The summed E-state index contributed by atoms with van der Waals surface area (Å²) < 4.78 is 1.47. The maximum atomic E-state index is 6.09. The zero-order valence-electron chi connectivity index (χ0n) is 11.6. The van der Waals surface area contributed by atoms with E-state index in [9.17, 15) is 0 Å². The topological polar surface area (TPSA) is 12.0 Å². The predicted octanol–water partition coefficient (Wildman–Crippen LogP) is 5.68. The number of thiophene rings is 1. The Morgan fingerprint density at radius 2 is 2.20 bits per heavy atom. The highest BCUT2D eigenvalue weighted by Crippen LogP contribution is 2.44. The third kappa shape index (κ3) is 3.06. The molecule has 3 rings (SSSR count). The molecule has 1 aliphatic heterocycles. The van der Waals surface area contributed by atoms with E-state index >= 15 is 0 Å². The first kappa shape index (κ1) is 14.5. The molecule has 0 radical (unpaired) electrons. The van der Waals surface area contributed by atoms with Crippen molar-refractivity contribution in [1.29, 1.82) is 0 Å². The number of nitrogens with one attached hydrogen (secondary N) is 1. The van der Waals surface area contributed by atoms with Gasteiger partial charge in [-0.05, 0) is 48.1 Å². The zero-order valence-corrected chi connectivity index (χ0v) is 14.0. The normalized spacial score (nSPS) is 23.4. The molecular weight excluding hydrogens is 306 g/mol. The number of halogens is 1. The Balaban J connectivity index is 1.78. The highest BCUT2D eigenvalue weighted by atomic mass is 35.5. The molecule has 1 nitrogen and oxygen atoms in total. The maximum absolute atomic E-state index is 6.09. The SMILES string of the molecule is C[C@H]1CC(N[C@H](C)c2cccc(Cl)c2)c2ccsc2S1. The van der Waals surface area contributed by atoms with E-state index in [1.54, 1.807) is 0 Å². The highest BCUT2D eigenvalue weighted by molar-refractivity contribution is 8.01. The second kappa shape index (κ2) is 6.10. The molecule has 0 bridgehead atoms. The van der Waals surface area contributed by atoms with Gasteiger partial charge in [0.1, 0.15) is 0 Å². The van der Waals surface area contributed by atoms with Gasteiger partial charge < -0.3 is 5.32 Å². The van der Waals surface area contributed by atoms with E-state index in [0.29, 0.717) is 17.3 Å². The summed E-state index contributed by atoms with van der Waals surface area (Å²) >= 11 is 9.95. The number of thioether (sulfide) groups is 1. The van der Waals surface area contributed by atoms with E-state index in [2.05, 4.69) is 42.7 Å². The summed E-state index contributed by atoms with van der Waals surface area (Å²) in [5.74, 6) is 0. The summed E-state index contributed by atoms with van der Waals surface area (Å²) in [4.78, 5) is 0. The molecule has 1 N–H and O–H groups in total. The third-order valence-electron chi connectivity index (χ3n) is 3.71. The van der Waals surface area contributed by atoms with Crippen molar-refractivity contribution >= 4 is 34.7 Å². The molecule has 0 spiro atoms. The number of hydrogen-bond acceptors (Lipinski definition) is 3. The molecule has 1 aliphatic rings. The summed E-state index contributed by atoms with van der Waals surface area (Å²) in [5.41, 5.74) is 2.71. The lowest BCUT2D eigenvalue weighted by molar-refractivity contribution is 0.435. The monoisotopic (exact) mass is 323 g/mol. The molecule has 1 aromatic carbocycles. The molecule has 0 saturated heterocycles. The largest absolute Gasteiger partial charge is 0.303 e. The van der Waals surface area contributed by atoms with Crippen LogP contribution in [0.25, 0.3) is 0 Å². The van der Waals surface area contributed by atoms with Crippen LogP contribution in [0, 0.1) is 0 Å². The maximum Gasteiger partial charge on any atom is 0.0649 e. The molecule has 0 aliphatic carbocycles. The lowest BCUT2D eigenvalue weighted by atomic mass is 10.0. The molecule has 2 aromatic rings. The van der Waals surface area contributed by atoms with E-state index in [1.165, 1.54) is 21.8 Å². The van der Waals surface area contributed by atoms with Crippen molar-refractivity contribution in [2.75, 3.05) is 0 Å². The molecule has 0 saturated carbocycles. The lowest BCUT2D eigenvalue weighted by Crippen LogP contribution is -2.28. The molecule has 106 valence electrons. The van der Waals surface area contributed by atoms with Crippen LogP contribution in [0.2, 0.25) is 5.02 Å². The number of rotatable bonds is 3. The van der Waals surface area contributed by atoms with Crippen LogP contribution >= 0.6 is 34.7 Å². The second-order valence-corrected chi connectivity index (χ2v) is 8.38. The Hall–Kier alpha value is -0.480. The van der Waals surface area contributed by atoms with Gasteiger partial charge in [0.25, 0.3) is 0 Å². The third-order valence-corrected chi connectivity index (χ3v) is 6.29. The minimum Gasteiger partial charge on any atom is -0.303 e. The predicted molar refractivity (Wildman–Crippen MR) is 90.0 cm³/mol. The van der Waals surface area contributed by atoms with E-state index in [0.717, 1.165) is 5.02 Å². The van der Waals surface area contributed by atoms with Gasteiger partial charge >= 0.3 is 0 Å². The first-order chi connectivity index (χ1) is 9.63. The molecule has 1 aromatic heterocycles. The molecule has 0 amide bonds. The molecular formula is C16H18ClNS2. The van der Waals surface area contributed by atoms with Crippen LogP contribution in [0.4, 0.5) is 0 Å². The molecule has 1 unspecified atom stereocenters. The van der Waals surface area contributed by atoms with Crippen molar-refractivity contribution in [3.63, 3.8) is 0 Å². The van der Waals surface area contributed by atoms with Gasteiger partial charge in [0.15, 0.2) is 0 Å². The summed E-state index contributed by atoms with van der Waals surface area (Å²) in [6.45, 7) is 4.52. The standard InChI is InChI=1S/C16H18ClNS2/c1-10-8-15(14-6-7-19-16(14)20-10)18-11(2)12-4-3-5-13(17)9-12/h3-7,9-11,15,18H,8H2,1-2H3/t10-,11+,15?/m0/s1. The molecule has 0 fully saturated rings. The van der Waals surface area contributed by atoms with Gasteiger partial charge in [-0.2, -0.15) is 0 Å². The molecule has 3 atom stereocenters. The van der Waals surface area contributed by atoms with Gasteiger partial charge in [-0.15, -0.1) is 23.1 Å². The van der Waals surface area contributed by atoms with Crippen molar-refractivity contribution in [3.8, 4) is 0 Å². The first-order valence-electron chi connectivity index (χ1n) is 6.89. The Morgan fingerprint density at radius 3 is 3.00 bits per heavy atom. The van der Waals surface area contributed by atoms with Crippen molar-refractivity contribution in [2.45, 2.75) is 41.8 Å². The van der Waals surface area contributed by atoms with Gasteiger partial charge in [0, 0.05) is 22.4 Å². The van der Waals surface area contributed by atoms with Crippen molar-refractivity contribution in [3.05, 3.63) is 51.9 Å². The van der Waals surface area contributed by atoms with E-state index in [-0.39, 0.29) is 0 Å². The average molecular weight is 324 g/mol. The fourth-order valence-electron chi connectivity index (χ4n) is 2.68. The molecule has 20 heavy (non-hydrogen) atoms. The van der Waals surface area contributed by atoms with Gasteiger partial charge in [0.2, 0.25) is 0 Å². The Labute approximate surface area is 133 Å². The number of fused-ring (bicyclic) bond motifs is 1. The van der Waals surface area contributed by atoms with Gasteiger partial charge in [-0.1, -0.05) is 30.7 Å². The Bertz CT molecular complexity index is 596. The van der Waals surface area contributed by atoms with Crippen LogP contribution in [0.1, 0.15) is 43.5 Å². The summed E-state index contributed by atoms with van der Waals surface area (Å²) in [7, 11) is 0. The average Bonchev–Trinajstić information content (AvgIpc) is 2.86. The molecule has 2 heterocycles. The van der Waals surface area contributed by atoms with Gasteiger partial charge in [0.05, 0.1) is 4.21 Å². The van der Waals surface area contributed by atoms with Crippen LogP contribution < -0.4 is 5.32 Å². The molecule has 4 heteroatoms. The quantitative estimate of drug-likeness (QED) is 0.780. The van der Waals surface area contributed by atoms with Crippen LogP contribution in [0.15, 0.2) is 39.9 Å². The van der Waals surface area contributed by atoms with Gasteiger partial charge in [-0.25, -0.2) is 0 Å². The van der Waals surface area contributed by atoms with Crippen LogP contribution in [-0.4, -0.2) is 5.25 Å². The van der Waals surface area contributed by atoms with Crippen molar-refractivity contribution < 1.29 is 0 Å². The summed E-state index contributed by atoms with van der Waals surface area (Å²) in [6.07, 6.45) is 1.18. The van der Waals surface area contributed by atoms with Crippen LogP contribution in [0.3, 0.4) is 0 Å². The van der Waals surface area contributed by atoms with E-state index in [1.807, 2.05) is 35.2 Å². The fraction of sp³-hybridized carbons (Fsp3) is 0.375. The van der Waals surface area contributed by atoms with E-state index in [4.69, 9.17) is 11.6 Å². The Kier molecular flexibility index (Phi) is 4.41. The van der Waals surface area contributed by atoms with Crippen LogP contribution in [0.5, 0.6) is 0 Å². The van der Waals surface area contributed by atoms with Crippen LogP contribution in [-0.2, 0) is 0 Å². The van der Waals surface area contributed by atoms with Crippen molar-refractivity contribution in [2.24, 2.45) is 0 Å². The number of benzene rings is 1. The van der Waals surface area contributed by atoms with E-state index < -0.39 is 0 Å². The summed E-state index contributed by atoms with van der Waals surface area (Å²) in [6, 6.07) is 11.2.